The van der Waals surface area contributed by atoms with Crippen molar-refractivity contribution in [2.75, 3.05) is 12.4 Å². The molecular formula is C16H12N2O4. The maximum atomic E-state index is 12.3. The Labute approximate surface area is 126 Å². The molecule has 6 nitrogen and oxygen atoms in total. The molecule has 0 unspecified atom stereocenters. The maximum absolute atomic E-state index is 12.3. The number of benzene rings is 2. The van der Waals surface area contributed by atoms with E-state index < -0.39 is 11.8 Å². The Morgan fingerprint density at radius 2 is 1.86 bits per heavy atom. The Bertz CT molecular complexity index is 798. The quantitative estimate of drug-likeness (QED) is 0.846. The summed E-state index contributed by atoms with van der Waals surface area (Å²) < 4.78 is 5.07. The van der Waals surface area contributed by atoms with E-state index in [4.69, 9.17) is 4.74 Å². The summed E-state index contributed by atoms with van der Waals surface area (Å²) in [5.74, 6) is -0.808. The maximum Gasteiger partial charge on any atom is 0.261 e. The Morgan fingerprint density at radius 3 is 2.64 bits per heavy atom. The summed E-state index contributed by atoms with van der Waals surface area (Å²) in [4.78, 5) is 35.7. The molecule has 0 aromatic heterocycles. The number of rotatable bonds is 3. The van der Waals surface area contributed by atoms with E-state index in [1.54, 1.807) is 36.4 Å². The van der Waals surface area contributed by atoms with Gasteiger partial charge in [-0.1, -0.05) is 12.1 Å². The van der Waals surface area contributed by atoms with Crippen LogP contribution in [0.3, 0.4) is 0 Å². The van der Waals surface area contributed by atoms with Crippen LogP contribution in [0.25, 0.3) is 0 Å². The minimum atomic E-state index is -0.512. The predicted octanol–water partition coefficient (Wildman–Crippen LogP) is 1.83. The van der Waals surface area contributed by atoms with Crippen molar-refractivity contribution in [2.45, 2.75) is 0 Å². The number of fused-ring (bicyclic) bond motifs is 1. The van der Waals surface area contributed by atoms with Crippen LogP contribution in [0.1, 0.15) is 31.1 Å². The molecule has 1 aliphatic heterocycles. The highest BCUT2D eigenvalue weighted by molar-refractivity contribution is 6.25. The first-order valence-corrected chi connectivity index (χ1v) is 6.54. The number of anilines is 1. The van der Waals surface area contributed by atoms with Crippen LogP contribution in [0.15, 0.2) is 42.5 Å². The lowest BCUT2D eigenvalue weighted by Crippen LogP contribution is -2.20. The molecule has 0 fully saturated rings. The molecule has 3 amide bonds. The van der Waals surface area contributed by atoms with Crippen molar-refractivity contribution < 1.29 is 19.1 Å². The highest BCUT2D eigenvalue weighted by Gasteiger charge is 2.29. The lowest BCUT2D eigenvalue weighted by atomic mass is 10.1. The lowest BCUT2D eigenvalue weighted by Gasteiger charge is -2.09. The molecule has 0 bridgehead atoms. The van der Waals surface area contributed by atoms with E-state index in [0.29, 0.717) is 17.0 Å². The standard InChI is InChI=1S/C16H12N2O4/c1-22-10-5-2-4-9(8-10)14(19)17-12-7-3-6-11-13(12)16(21)18-15(11)20/h2-8H,1H3,(H,17,19)(H,18,20,21). The molecule has 0 radical (unpaired) electrons. The molecule has 0 saturated heterocycles. The van der Waals surface area contributed by atoms with Crippen LogP contribution in [0, 0.1) is 0 Å². The van der Waals surface area contributed by atoms with Crippen molar-refractivity contribution in [1.82, 2.24) is 5.32 Å². The lowest BCUT2D eigenvalue weighted by molar-refractivity contribution is 0.0879. The van der Waals surface area contributed by atoms with Gasteiger partial charge < -0.3 is 10.1 Å². The fourth-order valence-corrected chi connectivity index (χ4v) is 2.28. The SMILES string of the molecule is COc1cccc(C(=O)Nc2cccc3c2C(=O)NC3=O)c1. The van der Waals surface area contributed by atoms with E-state index in [2.05, 4.69) is 10.6 Å². The van der Waals surface area contributed by atoms with Crippen LogP contribution < -0.4 is 15.4 Å². The Hall–Kier alpha value is -3.15. The smallest absolute Gasteiger partial charge is 0.261 e. The second-order valence-electron chi connectivity index (χ2n) is 4.70. The predicted molar refractivity (Wildman–Crippen MR) is 79.2 cm³/mol. The third-order valence-electron chi connectivity index (χ3n) is 3.34. The van der Waals surface area contributed by atoms with E-state index >= 15 is 0 Å². The summed E-state index contributed by atoms with van der Waals surface area (Å²) in [5, 5.41) is 4.86. The first-order valence-electron chi connectivity index (χ1n) is 6.54. The van der Waals surface area contributed by atoms with Gasteiger partial charge in [0.2, 0.25) is 0 Å². The molecule has 0 aliphatic carbocycles. The van der Waals surface area contributed by atoms with Gasteiger partial charge in [-0.15, -0.1) is 0 Å². The van der Waals surface area contributed by atoms with E-state index in [1.165, 1.54) is 13.2 Å². The van der Waals surface area contributed by atoms with Gasteiger partial charge in [0.1, 0.15) is 5.75 Å². The van der Waals surface area contributed by atoms with Gasteiger partial charge in [0, 0.05) is 5.56 Å². The fourth-order valence-electron chi connectivity index (χ4n) is 2.28. The number of nitrogens with one attached hydrogen (secondary N) is 2. The second kappa shape index (κ2) is 5.33. The van der Waals surface area contributed by atoms with E-state index in [9.17, 15) is 14.4 Å². The summed E-state index contributed by atoms with van der Waals surface area (Å²) >= 11 is 0. The van der Waals surface area contributed by atoms with Gasteiger partial charge in [-0.25, -0.2) is 0 Å². The fraction of sp³-hybridized carbons (Fsp3) is 0.0625. The van der Waals surface area contributed by atoms with Crippen molar-refractivity contribution in [3.05, 3.63) is 59.2 Å². The zero-order chi connectivity index (χ0) is 15.7. The molecule has 1 aliphatic rings. The number of carbonyl (C=O) groups is 3. The van der Waals surface area contributed by atoms with Crippen molar-refractivity contribution in [2.24, 2.45) is 0 Å². The minimum Gasteiger partial charge on any atom is -0.497 e. The third-order valence-corrected chi connectivity index (χ3v) is 3.34. The number of ether oxygens (including phenoxy) is 1. The number of hydrogen-bond donors (Lipinski definition) is 2. The highest BCUT2D eigenvalue weighted by Crippen LogP contribution is 2.25. The van der Waals surface area contributed by atoms with E-state index in [1.807, 2.05) is 0 Å². The first kappa shape index (κ1) is 13.8. The molecule has 1 heterocycles. The Morgan fingerprint density at radius 1 is 1.09 bits per heavy atom. The highest BCUT2D eigenvalue weighted by atomic mass is 16.5. The largest absolute Gasteiger partial charge is 0.497 e. The molecular weight excluding hydrogens is 284 g/mol. The van der Waals surface area contributed by atoms with Crippen LogP contribution in [-0.4, -0.2) is 24.8 Å². The van der Waals surface area contributed by atoms with Gasteiger partial charge in [-0.05, 0) is 30.3 Å². The summed E-state index contributed by atoms with van der Waals surface area (Å²) in [5.41, 5.74) is 1.13. The number of methoxy groups -OCH3 is 1. The molecule has 0 atom stereocenters. The third kappa shape index (κ3) is 2.31. The number of carbonyl (C=O) groups excluding carboxylic acids is 3. The van der Waals surface area contributed by atoms with Crippen LogP contribution in [0.4, 0.5) is 5.69 Å². The molecule has 110 valence electrons. The monoisotopic (exact) mass is 296 g/mol. The molecule has 22 heavy (non-hydrogen) atoms. The van der Waals surface area contributed by atoms with Crippen molar-refractivity contribution >= 4 is 23.4 Å². The van der Waals surface area contributed by atoms with Gasteiger partial charge in [0.15, 0.2) is 0 Å². The summed E-state index contributed by atoms with van der Waals surface area (Å²) in [6, 6.07) is 11.4. The van der Waals surface area contributed by atoms with E-state index in [0.717, 1.165) is 0 Å². The molecule has 3 rings (SSSR count). The number of imide groups is 1. The average Bonchev–Trinajstić information content (AvgIpc) is 2.83. The van der Waals surface area contributed by atoms with E-state index in [-0.39, 0.29) is 17.0 Å². The summed E-state index contributed by atoms with van der Waals surface area (Å²) in [7, 11) is 1.51. The minimum absolute atomic E-state index is 0.184. The Kier molecular flexibility index (Phi) is 3.34. The molecule has 2 aromatic rings. The van der Waals surface area contributed by atoms with Crippen LogP contribution >= 0.6 is 0 Å². The second-order valence-corrected chi connectivity index (χ2v) is 4.70. The van der Waals surface area contributed by atoms with Gasteiger partial charge in [-0.2, -0.15) is 0 Å². The molecule has 6 heteroatoms. The zero-order valence-corrected chi connectivity index (χ0v) is 11.7. The van der Waals surface area contributed by atoms with Gasteiger partial charge in [0.05, 0.1) is 23.9 Å². The first-order chi connectivity index (χ1) is 10.6. The Balaban J connectivity index is 1.92. The normalized spacial score (nSPS) is 12.6. The molecule has 0 spiro atoms. The molecule has 2 N–H and O–H groups in total. The van der Waals surface area contributed by atoms with Crippen LogP contribution in [0.5, 0.6) is 5.75 Å². The topological polar surface area (TPSA) is 84.5 Å². The molecule has 2 aromatic carbocycles. The number of amides is 3. The van der Waals surface area contributed by atoms with Gasteiger partial charge >= 0.3 is 0 Å². The molecule has 0 saturated carbocycles. The summed E-state index contributed by atoms with van der Waals surface area (Å²) in [6.45, 7) is 0. The van der Waals surface area contributed by atoms with Crippen LogP contribution in [-0.2, 0) is 0 Å². The van der Waals surface area contributed by atoms with Crippen molar-refractivity contribution in [3.8, 4) is 5.75 Å². The zero-order valence-electron chi connectivity index (χ0n) is 11.7. The van der Waals surface area contributed by atoms with Crippen molar-refractivity contribution in [1.29, 1.82) is 0 Å². The number of hydrogen-bond acceptors (Lipinski definition) is 4. The van der Waals surface area contributed by atoms with Crippen molar-refractivity contribution in [3.63, 3.8) is 0 Å². The van der Waals surface area contributed by atoms with Gasteiger partial charge in [-0.3, -0.25) is 19.7 Å². The van der Waals surface area contributed by atoms with Crippen LogP contribution in [0.2, 0.25) is 0 Å². The average molecular weight is 296 g/mol. The van der Waals surface area contributed by atoms with Gasteiger partial charge in [0.25, 0.3) is 17.7 Å². The summed E-state index contributed by atoms with van der Waals surface area (Å²) in [6.07, 6.45) is 0.